The number of Topliss-reactive ketones (excluding diaryl/α,β-unsaturated/α-hetero) is 1. The van der Waals surface area contributed by atoms with E-state index in [0.717, 1.165) is 29.6 Å². The minimum absolute atomic E-state index is 0.0792. The molecule has 4 unspecified atom stereocenters. The Labute approximate surface area is 145 Å². The summed E-state index contributed by atoms with van der Waals surface area (Å²) >= 11 is 0. The van der Waals surface area contributed by atoms with Crippen LogP contribution in [0.5, 0.6) is 0 Å². The molecule has 25 heavy (non-hydrogen) atoms. The van der Waals surface area contributed by atoms with Crippen LogP contribution in [0.4, 0.5) is 0 Å². The van der Waals surface area contributed by atoms with Gasteiger partial charge in [0, 0.05) is 34.0 Å². The third-order valence-corrected chi connectivity index (χ3v) is 6.72. The first kappa shape index (κ1) is 15.0. The van der Waals surface area contributed by atoms with Crippen LogP contribution in [0.15, 0.2) is 46.5 Å². The van der Waals surface area contributed by atoms with E-state index < -0.39 is 5.41 Å². The number of fused-ring (bicyclic) bond motifs is 2. The van der Waals surface area contributed by atoms with Crippen molar-refractivity contribution >= 4 is 11.8 Å². The van der Waals surface area contributed by atoms with Gasteiger partial charge in [-0.25, -0.2) is 4.79 Å². The SMILES string of the molecule is CC12CC(c3ccoc3)OC=C1C(=O)CC13COC(=O)C1=CCCC23. The Hall–Kier alpha value is -2.30. The molecule has 5 nitrogen and oxygen atoms in total. The second-order valence-corrected chi connectivity index (χ2v) is 7.91. The van der Waals surface area contributed by atoms with Crippen molar-refractivity contribution in [1.29, 1.82) is 0 Å². The molecule has 1 saturated heterocycles. The van der Waals surface area contributed by atoms with Crippen molar-refractivity contribution in [1.82, 2.24) is 0 Å². The Kier molecular flexibility index (Phi) is 2.92. The average Bonchev–Trinajstić information content (AvgIpc) is 3.23. The lowest BCUT2D eigenvalue weighted by Crippen LogP contribution is -2.53. The number of esters is 1. The maximum Gasteiger partial charge on any atom is 0.334 e. The van der Waals surface area contributed by atoms with E-state index in [-0.39, 0.29) is 29.2 Å². The topological polar surface area (TPSA) is 65.7 Å². The number of ketones is 1. The van der Waals surface area contributed by atoms with Gasteiger partial charge in [0.25, 0.3) is 0 Å². The molecule has 2 aliphatic carbocycles. The first-order valence-electron chi connectivity index (χ1n) is 8.84. The van der Waals surface area contributed by atoms with E-state index in [1.54, 1.807) is 18.8 Å². The molecule has 0 aromatic carbocycles. The van der Waals surface area contributed by atoms with E-state index in [4.69, 9.17) is 13.9 Å². The van der Waals surface area contributed by atoms with Crippen LogP contribution in [-0.4, -0.2) is 18.4 Å². The quantitative estimate of drug-likeness (QED) is 0.732. The predicted molar refractivity (Wildman–Crippen MR) is 87.2 cm³/mol. The molecular formula is C20H20O5. The maximum atomic E-state index is 13.0. The van der Waals surface area contributed by atoms with Crippen LogP contribution in [0.2, 0.25) is 0 Å². The first-order valence-corrected chi connectivity index (χ1v) is 8.84. The summed E-state index contributed by atoms with van der Waals surface area (Å²) in [5, 5.41) is 0. The van der Waals surface area contributed by atoms with E-state index in [2.05, 4.69) is 6.92 Å². The molecule has 0 bridgehead atoms. The molecule has 1 spiro atoms. The standard InChI is InChI=1S/C20H20O5/c1-19-8-16(12-5-6-23-9-12)24-10-14(19)15(21)7-20-11-25-18(22)13(20)3-2-4-17(19)20/h3,5-6,9-10,16-17H,2,4,7-8,11H2,1H3. The Morgan fingerprint density at radius 1 is 1.24 bits per heavy atom. The summed E-state index contributed by atoms with van der Waals surface area (Å²) in [6.45, 7) is 2.48. The summed E-state index contributed by atoms with van der Waals surface area (Å²) < 4.78 is 16.5. The van der Waals surface area contributed by atoms with Crippen molar-refractivity contribution in [3.63, 3.8) is 0 Å². The van der Waals surface area contributed by atoms with Crippen LogP contribution < -0.4 is 0 Å². The molecule has 2 fully saturated rings. The molecule has 0 radical (unpaired) electrons. The normalized spacial score (nSPS) is 39.4. The molecular weight excluding hydrogens is 320 g/mol. The second-order valence-electron chi connectivity index (χ2n) is 7.91. The molecule has 1 aromatic rings. The van der Waals surface area contributed by atoms with Gasteiger partial charge in [0.2, 0.25) is 0 Å². The van der Waals surface area contributed by atoms with Crippen LogP contribution in [0.3, 0.4) is 0 Å². The van der Waals surface area contributed by atoms with Gasteiger partial charge in [-0.05, 0) is 31.2 Å². The fourth-order valence-corrected chi connectivity index (χ4v) is 5.57. The highest BCUT2D eigenvalue weighted by molar-refractivity contribution is 6.02. The van der Waals surface area contributed by atoms with Crippen LogP contribution >= 0.6 is 0 Å². The van der Waals surface area contributed by atoms with Crippen LogP contribution in [0, 0.1) is 16.7 Å². The monoisotopic (exact) mass is 340 g/mol. The number of ether oxygens (including phenoxy) is 2. The first-order chi connectivity index (χ1) is 12.0. The zero-order valence-electron chi connectivity index (χ0n) is 14.1. The molecule has 4 atom stereocenters. The van der Waals surface area contributed by atoms with Crippen molar-refractivity contribution in [2.24, 2.45) is 16.7 Å². The van der Waals surface area contributed by atoms with E-state index in [9.17, 15) is 9.59 Å². The summed E-state index contributed by atoms with van der Waals surface area (Å²) in [6.07, 6.45) is 9.71. The number of carbonyl (C=O) groups excluding carboxylic acids is 2. The van der Waals surface area contributed by atoms with Crippen molar-refractivity contribution in [3.8, 4) is 0 Å². The fraction of sp³-hybridized carbons (Fsp3) is 0.500. The molecule has 5 heteroatoms. The van der Waals surface area contributed by atoms with Crippen LogP contribution in [-0.2, 0) is 19.1 Å². The number of rotatable bonds is 1. The predicted octanol–water partition coefficient (Wildman–Crippen LogP) is 3.48. The summed E-state index contributed by atoms with van der Waals surface area (Å²) in [5.41, 5.74) is 1.68. The zero-order chi connectivity index (χ0) is 17.2. The van der Waals surface area contributed by atoms with Gasteiger partial charge >= 0.3 is 5.97 Å². The van der Waals surface area contributed by atoms with E-state index in [1.165, 1.54) is 0 Å². The molecule has 5 rings (SSSR count). The smallest absolute Gasteiger partial charge is 0.334 e. The molecule has 0 N–H and O–H groups in total. The van der Waals surface area contributed by atoms with Crippen molar-refractivity contribution in [2.75, 3.05) is 6.61 Å². The van der Waals surface area contributed by atoms with Crippen molar-refractivity contribution < 1.29 is 23.5 Å². The number of allylic oxidation sites excluding steroid dienone is 2. The number of furan rings is 1. The van der Waals surface area contributed by atoms with Gasteiger partial charge in [-0.2, -0.15) is 0 Å². The Morgan fingerprint density at radius 2 is 2.12 bits per heavy atom. The van der Waals surface area contributed by atoms with E-state index in [1.807, 2.05) is 12.1 Å². The number of cyclic esters (lactones) is 1. The molecule has 4 aliphatic rings. The minimum atomic E-state index is -0.462. The van der Waals surface area contributed by atoms with Crippen LogP contribution in [0.25, 0.3) is 0 Å². The Bertz CT molecular complexity index is 817. The summed E-state index contributed by atoms with van der Waals surface area (Å²) in [7, 11) is 0. The van der Waals surface area contributed by atoms with Gasteiger partial charge in [-0.1, -0.05) is 13.0 Å². The van der Waals surface area contributed by atoms with Gasteiger partial charge in [-0.3, -0.25) is 4.79 Å². The molecule has 2 aliphatic heterocycles. The van der Waals surface area contributed by atoms with Crippen molar-refractivity contribution in [2.45, 2.75) is 38.7 Å². The Morgan fingerprint density at radius 3 is 2.92 bits per heavy atom. The van der Waals surface area contributed by atoms with Gasteiger partial charge < -0.3 is 13.9 Å². The fourth-order valence-electron chi connectivity index (χ4n) is 5.57. The summed E-state index contributed by atoms with van der Waals surface area (Å²) in [5.74, 6) is 0.0381. The summed E-state index contributed by atoms with van der Waals surface area (Å²) in [4.78, 5) is 25.2. The molecule has 0 amide bonds. The van der Waals surface area contributed by atoms with Crippen LogP contribution in [0.1, 0.15) is 44.3 Å². The molecule has 1 saturated carbocycles. The van der Waals surface area contributed by atoms with Gasteiger partial charge in [0.05, 0.1) is 18.8 Å². The van der Waals surface area contributed by atoms with Gasteiger partial charge in [-0.15, -0.1) is 0 Å². The number of hydrogen-bond acceptors (Lipinski definition) is 5. The minimum Gasteiger partial charge on any atom is -0.493 e. The highest BCUT2D eigenvalue weighted by Gasteiger charge is 2.64. The zero-order valence-corrected chi connectivity index (χ0v) is 14.1. The number of carbonyl (C=O) groups is 2. The third kappa shape index (κ3) is 1.84. The number of hydrogen-bond donors (Lipinski definition) is 0. The van der Waals surface area contributed by atoms with E-state index in [0.29, 0.717) is 19.4 Å². The van der Waals surface area contributed by atoms with Gasteiger partial charge in [0.1, 0.15) is 12.7 Å². The van der Waals surface area contributed by atoms with E-state index >= 15 is 0 Å². The third-order valence-electron chi connectivity index (χ3n) is 6.72. The molecule has 1 aromatic heterocycles. The largest absolute Gasteiger partial charge is 0.493 e. The molecule has 130 valence electrons. The molecule has 3 heterocycles. The second kappa shape index (κ2) is 4.87. The van der Waals surface area contributed by atoms with Crippen molar-refractivity contribution in [3.05, 3.63) is 47.6 Å². The lowest BCUT2D eigenvalue weighted by atomic mass is 9.47. The maximum absolute atomic E-state index is 13.0. The lowest BCUT2D eigenvalue weighted by Gasteiger charge is -2.55. The highest BCUT2D eigenvalue weighted by atomic mass is 16.5. The summed E-state index contributed by atoms with van der Waals surface area (Å²) in [6, 6.07) is 1.90. The van der Waals surface area contributed by atoms with Gasteiger partial charge in [0.15, 0.2) is 5.78 Å². The highest BCUT2D eigenvalue weighted by Crippen LogP contribution is 2.64. The Balaban J connectivity index is 1.61. The average molecular weight is 340 g/mol. The lowest BCUT2D eigenvalue weighted by molar-refractivity contribution is -0.136.